The number of nitrogens with zero attached hydrogens (tertiary/aromatic N) is 13. The van der Waals surface area contributed by atoms with Gasteiger partial charge >= 0.3 is 12.1 Å². The third kappa shape index (κ3) is 35.5. The lowest BCUT2D eigenvalue weighted by molar-refractivity contribution is -0.141. The van der Waals surface area contributed by atoms with Gasteiger partial charge in [0, 0.05) is 143 Å². The highest BCUT2D eigenvalue weighted by molar-refractivity contribution is 9.10. The largest absolute Gasteiger partial charge is 0.481 e. The van der Waals surface area contributed by atoms with Gasteiger partial charge < -0.3 is 49.3 Å². The second kappa shape index (κ2) is 54.4. The minimum absolute atomic E-state index is 0. The van der Waals surface area contributed by atoms with Gasteiger partial charge in [-0.2, -0.15) is 0 Å². The van der Waals surface area contributed by atoms with E-state index in [-0.39, 0.29) is 52.7 Å². The first-order chi connectivity index (χ1) is 54.9. The van der Waals surface area contributed by atoms with Crippen LogP contribution in [-0.2, 0) is 28.3 Å². The van der Waals surface area contributed by atoms with Crippen LogP contribution >= 0.6 is 118 Å². The smallest absolute Gasteiger partial charge is 0.407 e. The van der Waals surface area contributed by atoms with Crippen LogP contribution in [0.5, 0.6) is 23.5 Å². The number of halogens is 8. The lowest BCUT2D eigenvalue weighted by Crippen LogP contribution is -2.30. The fourth-order valence-electron chi connectivity index (χ4n) is 8.82. The van der Waals surface area contributed by atoms with Crippen LogP contribution in [0.25, 0.3) is 84.4 Å². The molecule has 5 aromatic carbocycles. The second-order valence-corrected chi connectivity index (χ2v) is 35.3. The topological polar surface area (TPSA) is 379 Å². The number of amides is 1. The first-order valence-electron chi connectivity index (χ1n) is 33.3. The van der Waals surface area contributed by atoms with Crippen LogP contribution in [0.1, 0.15) is 65.9 Å². The fraction of sp³-hybridized carbons (Fsp3) is 0.231. The highest BCUT2D eigenvalue weighted by Gasteiger charge is 2.20. The van der Waals surface area contributed by atoms with E-state index in [1.165, 1.54) is 81.9 Å². The molecule has 0 spiro atoms. The van der Waals surface area contributed by atoms with Crippen molar-refractivity contribution in [3.8, 4) is 102 Å². The maximum Gasteiger partial charge on any atom is 0.407 e. The Hall–Kier alpha value is -9.72. The van der Waals surface area contributed by atoms with Gasteiger partial charge in [-0.05, 0) is 135 Å². The summed E-state index contributed by atoms with van der Waals surface area (Å²) in [5.41, 5.74) is 17.3. The summed E-state index contributed by atoms with van der Waals surface area (Å²) in [6.07, 6.45) is 6.59. The molecule has 12 aromatic rings. The number of ether oxygens (including phenoxy) is 6. The number of aromatic nitrogens is 14. The summed E-state index contributed by atoms with van der Waals surface area (Å²) >= 11 is 36.2. The highest BCUT2D eigenvalue weighted by Crippen LogP contribution is 2.37. The van der Waals surface area contributed by atoms with E-state index >= 15 is 0 Å². The van der Waals surface area contributed by atoms with E-state index in [9.17, 15) is 24.0 Å². The number of Topliss-reactive ketones (excluding diaryl/α,β-unsaturated/α-hetero) is 1. The zero-order valence-electron chi connectivity index (χ0n) is 63.2. The summed E-state index contributed by atoms with van der Waals surface area (Å²) in [5, 5.41) is 17.9. The zero-order valence-corrected chi connectivity index (χ0v) is 73.5. The van der Waals surface area contributed by atoms with Gasteiger partial charge in [0.1, 0.15) is 50.2 Å². The molecule has 0 aliphatic carbocycles. The van der Waals surface area contributed by atoms with Crippen molar-refractivity contribution in [2.24, 2.45) is 5.73 Å². The Morgan fingerprint density at radius 1 is 0.508 bits per heavy atom. The number of aromatic amines is 1. The lowest BCUT2D eigenvalue weighted by Gasteiger charge is -2.13. The van der Waals surface area contributed by atoms with Gasteiger partial charge in [-0.1, -0.05) is 150 Å². The number of hydrogen-bond acceptors (Lipinski definition) is 28. The second-order valence-electron chi connectivity index (χ2n) is 23.3. The molecule has 0 aliphatic rings. The Balaban J connectivity index is 0.000000473. The number of ketones is 1. The van der Waals surface area contributed by atoms with Gasteiger partial charge in [0.2, 0.25) is 32.7 Å². The van der Waals surface area contributed by atoms with Gasteiger partial charge in [0.15, 0.2) is 5.78 Å². The SMILES string of the molecule is C.C.C.C=C(CNC(=O)OCC)c1ccc(Cl)cc1-c1cc(OC)ncn1.CC(=O)[Si](C)(C)C.CCOC(=O)CN.COc1cc(-c2cc(Cl)ccc2-c2csnn2)ncn1.COc1cc(-c2cc(Cl)ccc2Br)ncn1.COc1cc(-c2cc(Cl)ccc2C(C)=O)ncn1.O=S(Cl)Cl.O=c1cc(-c2cc(Cl)ccc2-c2csnn2)nc[nH]1. The first kappa shape index (κ1) is 104. The number of carbonyl (C=O) groups excluding carboxylic acids is 4. The Bertz CT molecular complexity index is 5280. The number of H-pyrrole nitrogens is 1. The van der Waals surface area contributed by atoms with Crippen LogP contribution in [0, 0.1) is 0 Å². The summed E-state index contributed by atoms with van der Waals surface area (Å²) in [6.45, 7) is 17.8. The normalized spacial score (nSPS) is 9.94. The lowest BCUT2D eigenvalue weighted by atomic mass is 9.98. The molecule has 1 amide bonds. The number of carbonyl (C=O) groups is 4. The molecule has 0 unspecified atom stereocenters. The third-order valence-corrected chi connectivity index (χ3v) is 19.6. The summed E-state index contributed by atoms with van der Waals surface area (Å²) in [7, 11) is 12.2. The number of esters is 1. The number of benzene rings is 5. The number of methoxy groups -OCH3 is 4. The van der Waals surface area contributed by atoms with Crippen molar-refractivity contribution in [3.63, 3.8) is 0 Å². The number of alkyl carbamates (subject to hydrolysis) is 1. The van der Waals surface area contributed by atoms with Crippen molar-refractivity contribution >= 4 is 164 Å². The number of nitrogens with one attached hydrogen (secondary N) is 2. The molecule has 118 heavy (non-hydrogen) atoms. The molecule has 0 radical (unpaired) electrons. The predicted octanol–water partition coefficient (Wildman–Crippen LogP) is 20.0. The molecule has 28 nitrogen and oxygen atoms in total. The molecule has 0 fully saturated rings. The molecule has 4 N–H and O–H groups in total. The summed E-state index contributed by atoms with van der Waals surface area (Å²) in [6, 6.07) is 35.3. The maximum atomic E-state index is 11.6. The molecule has 7 aromatic heterocycles. The van der Waals surface area contributed by atoms with Crippen LogP contribution in [0.2, 0.25) is 44.8 Å². The number of rotatable bonds is 19. The van der Waals surface area contributed by atoms with Gasteiger partial charge in [-0.15, -0.1) is 10.2 Å². The average Bonchev–Trinajstić information content (AvgIpc) is 1.48. The number of hydrogen-bond donors (Lipinski definition) is 3. The minimum atomic E-state index is -1.67. The molecular formula is C78H86BrCl7N16O12S3Si. The van der Waals surface area contributed by atoms with Crippen molar-refractivity contribution in [2.75, 3.05) is 54.7 Å². The Morgan fingerprint density at radius 3 is 1.20 bits per heavy atom. The quantitative estimate of drug-likeness (QED) is 0.0293. The standard InChI is InChI=1S/C17H18ClN3O3.C13H9ClN4OS.C13H11ClN2O2.C12H7ClN4OS.C11H8BrClN2O.C5H12OSi.C4H9NO2.3CH4.Cl2OS/c1-4-24-17(22)19-9-11(2)13-6-5-12(18)7-14(13)15-8-16(23-3)21-10-20-15;1-19-13-5-11(15-7-16-13)10-4-8(14)2-3-9(10)12-6-20-18-17-12;1-8(17)10-4-3-9(14)5-11(10)12-6-13(18-2)16-7-15-12;13-7-1-2-8(11-5-19-17-16-11)9(3-7)10-4-12(18)15-6-14-10;1-16-11-5-10(14-6-15-11)8-4-7(13)2-3-9(8)12;1-5(6)7(2,3)4;1-2-7-4(6)3-5;;;;1-4(2)3/h5-8,10H,2,4,9H2,1,3H3,(H,19,22);2-7H,1H3;3-7H,1-2H3;1-6H,(H,14,15,18);2-6H,1H3;1-4H3;2-3,5H2,1H3;3*1H4;. The first-order valence-corrected chi connectivity index (χ1v) is 43.9. The van der Waals surface area contributed by atoms with Gasteiger partial charge in [-0.3, -0.25) is 14.4 Å². The molecule has 40 heteroatoms. The molecule has 0 saturated carbocycles. The van der Waals surface area contributed by atoms with Crippen LogP contribution in [0.15, 0.2) is 180 Å². The van der Waals surface area contributed by atoms with Crippen molar-refractivity contribution in [1.82, 2.24) is 74.3 Å². The molecule has 0 aliphatic heterocycles. The van der Waals surface area contributed by atoms with Crippen LogP contribution in [0.4, 0.5) is 4.79 Å². The van der Waals surface area contributed by atoms with E-state index in [4.69, 9.17) is 91.6 Å². The molecule has 0 bridgehead atoms. The van der Waals surface area contributed by atoms with Gasteiger partial charge in [0.25, 0.3) is 5.56 Å². The van der Waals surface area contributed by atoms with E-state index in [2.05, 4.69) is 143 Å². The third-order valence-electron chi connectivity index (χ3n) is 14.6. The Labute approximate surface area is 738 Å². The zero-order chi connectivity index (χ0) is 84.7. The number of nitrogens with two attached hydrogens (primary N) is 1. The van der Waals surface area contributed by atoms with Gasteiger partial charge in [-0.25, -0.2) is 53.9 Å². The minimum Gasteiger partial charge on any atom is -0.481 e. The predicted molar refractivity (Wildman–Crippen MR) is 481 cm³/mol. The van der Waals surface area contributed by atoms with Crippen molar-refractivity contribution < 1.29 is 51.8 Å². The molecule has 7 heterocycles. The molecule has 628 valence electrons. The summed E-state index contributed by atoms with van der Waals surface area (Å²) in [5.74, 6) is 1.52. The highest BCUT2D eigenvalue weighted by atomic mass is 79.9. The van der Waals surface area contributed by atoms with E-state index in [0.29, 0.717) is 101 Å². The summed E-state index contributed by atoms with van der Waals surface area (Å²) in [4.78, 5) is 94.4. The van der Waals surface area contributed by atoms with E-state index in [1.54, 1.807) is 102 Å². The van der Waals surface area contributed by atoms with Crippen molar-refractivity contribution in [3.05, 3.63) is 221 Å². The maximum absolute atomic E-state index is 11.6. The molecular weight excluding hydrogens is 1810 g/mol. The van der Waals surface area contributed by atoms with Crippen molar-refractivity contribution in [1.29, 1.82) is 0 Å². The molecule has 0 atom stereocenters. The van der Waals surface area contributed by atoms with E-state index < -0.39 is 23.4 Å². The molecule has 12 rings (SSSR count). The van der Waals surface area contributed by atoms with Crippen molar-refractivity contribution in [2.45, 2.75) is 69.6 Å². The van der Waals surface area contributed by atoms with E-state index in [0.717, 1.165) is 66.2 Å². The van der Waals surface area contributed by atoms with E-state index in [1.807, 2.05) is 59.3 Å². The van der Waals surface area contributed by atoms with Crippen LogP contribution in [-0.4, -0.2) is 159 Å². The van der Waals surface area contributed by atoms with Gasteiger partial charge in [0.05, 0.1) is 83.0 Å². The summed E-state index contributed by atoms with van der Waals surface area (Å²) < 4.78 is 47.4. The molecule has 0 saturated heterocycles. The Morgan fingerprint density at radius 2 is 0.856 bits per heavy atom. The van der Waals surface area contributed by atoms with Crippen LogP contribution < -0.4 is 35.6 Å². The Kier molecular flexibility index (Phi) is 48.1. The average molecular weight is 1890 g/mol. The fourth-order valence-corrected chi connectivity index (χ4v) is 11.0. The van der Waals surface area contributed by atoms with Crippen LogP contribution in [0.3, 0.4) is 0 Å². The monoisotopic (exact) mass is 1890 g/mol.